The van der Waals surface area contributed by atoms with Gasteiger partial charge in [-0.2, -0.15) is 0 Å². The summed E-state index contributed by atoms with van der Waals surface area (Å²) in [6, 6.07) is 4.62. The van der Waals surface area contributed by atoms with Gasteiger partial charge in [0.15, 0.2) is 0 Å². The Labute approximate surface area is 82.0 Å². The van der Waals surface area contributed by atoms with Crippen molar-refractivity contribution in [1.29, 1.82) is 0 Å². The van der Waals surface area contributed by atoms with E-state index in [0.717, 1.165) is 5.57 Å². The first kappa shape index (κ1) is 10.2. The van der Waals surface area contributed by atoms with E-state index >= 15 is 0 Å². The van der Waals surface area contributed by atoms with Crippen LogP contribution in [0.2, 0.25) is 5.02 Å². The highest BCUT2D eigenvalue weighted by Crippen LogP contribution is 2.25. The molecule has 0 saturated heterocycles. The number of nitrogens with two attached hydrogens (primary N) is 1. The van der Waals surface area contributed by atoms with Gasteiger partial charge in [0, 0.05) is 12.1 Å². The van der Waals surface area contributed by atoms with Crippen molar-refractivity contribution >= 4 is 17.2 Å². The SMILES string of the molecule is C/C(=C/CN)c1c(F)cccc1Cl. The smallest absolute Gasteiger partial charge is 0.132 e. The molecular formula is C10H11ClFN. The summed E-state index contributed by atoms with van der Waals surface area (Å²) in [5.74, 6) is -0.310. The van der Waals surface area contributed by atoms with Crippen LogP contribution in [0.4, 0.5) is 4.39 Å². The predicted octanol–water partition coefficient (Wildman–Crippen LogP) is 2.84. The number of benzene rings is 1. The molecule has 0 aromatic heterocycles. The number of hydrogen-bond donors (Lipinski definition) is 1. The van der Waals surface area contributed by atoms with Crippen LogP contribution in [0.1, 0.15) is 12.5 Å². The van der Waals surface area contributed by atoms with E-state index in [1.54, 1.807) is 25.1 Å². The molecule has 0 unspecified atom stereocenters. The molecule has 0 amide bonds. The second-order valence-electron chi connectivity index (χ2n) is 2.72. The fourth-order valence-corrected chi connectivity index (χ4v) is 1.47. The van der Waals surface area contributed by atoms with Gasteiger partial charge >= 0.3 is 0 Å². The van der Waals surface area contributed by atoms with Crippen LogP contribution in [0.3, 0.4) is 0 Å². The van der Waals surface area contributed by atoms with E-state index in [4.69, 9.17) is 17.3 Å². The monoisotopic (exact) mass is 199 g/mol. The summed E-state index contributed by atoms with van der Waals surface area (Å²) in [5.41, 5.74) is 6.53. The fraction of sp³-hybridized carbons (Fsp3) is 0.200. The normalized spacial score (nSPS) is 11.8. The average molecular weight is 200 g/mol. The highest BCUT2D eigenvalue weighted by molar-refractivity contribution is 6.32. The third kappa shape index (κ3) is 2.29. The second kappa shape index (κ2) is 4.40. The Bertz CT molecular complexity index is 313. The van der Waals surface area contributed by atoms with Crippen molar-refractivity contribution < 1.29 is 4.39 Å². The lowest BCUT2D eigenvalue weighted by Gasteiger charge is -2.05. The largest absolute Gasteiger partial charge is 0.327 e. The number of halogens is 2. The molecule has 1 aromatic rings. The minimum atomic E-state index is -0.310. The first-order chi connectivity index (χ1) is 6.16. The van der Waals surface area contributed by atoms with Gasteiger partial charge in [-0.3, -0.25) is 0 Å². The van der Waals surface area contributed by atoms with Gasteiger partial charge in [-0.15, -0.1) is 0 Å². The molecule has 1 rings (SSSR count). The zero-order valence-electron chi connectivity index (χ0n) is 7.35. The first-order valence-corrected chi connectivity index (χ1v) is 4.36. The van der Waals surface area contributed by atoms with Crippen LogP contribution in [0.25, 0.3) is 5.57 Å². The van der Waals surface area contributed by atoms with Crippen LogP contribution in [0, 0.1) is 5.82 Å². The van der Waals surface area contributed by atoms with Crippen LogP contribution >= 0.6 is 11.6 Å². The molecule has 1 nitrogen and oxygen atoms in total. The van der Waals surface area contributed by atoms with Crippen molar-refractivity contribution in [2.45, 2.75) is 6.92 Å². The molecule has 0 fully saturated rings. The molecule has 0 aliphatic rings. The van der Waals surface area contributed by atoms with Crippen molar-refractivity contribution in [3.63, 3.8) is 0 Å². The Morgan fingerprint density at radius 3 is 2.85 bits per heavy atom. The summed E-state index contributed by atoms with van der Waals surface area (Å²) >= 11 is 5.84. The Morgan fingerprint density at radius 1 is 1.62 bits per heavy atom. The van der Waals surface area contributed by atoms with E-state index in [1.807, 2.05) is 0 Å². The van der Waals surface area contributed by atoms with Crippen LogP contribution in [0.5, 0.6) is 0 Å². The maximum atomic E-state index is 13.3. The number of allylic oxidation sites excluding steroid dienone is 1. The van der Waals surface area contributed by atoms with Gasteiger partial charge in [0.25, 0.3) is 0 Å². The van der Waals surface area contributed by atoms with Crippen LogP contribution < -0.4 is 5.73 Å². The van der Waals surface area contributed by atoms with Gasteiger partial charge < -0.3 is 5.73 Å². The second-order valence-corrected chi connectivity index (χ2v) is 3.13. The van der Waals surface area contributed by atoms with Crippen LogP contribution in [-0.4, -0.2) is 6.54 Å². The molecule has 0 bridgehead atoms. The maximum Gasteiger partial charge on any atom is 0.132 e. The molecule has 13 heavy (non-hydrogen) atoms. The highest BCUT2D eigenvalue weighted by atomic mass is 35.5. The van der Waals surface area contributed by atoms with Crippen LogP contribution in [0.15, 0.2) is 24.3 Å². The molecule has 70 valence electrons. The summed E-state index contributed by atoms with van der Waals surface area (Å²) in [6.45, 7) is 2.17. The van der Waals surface area contributed by atoms with Gasteiger partial charge in [0.05, 0.1) is 5.02 Å². The molecule has 0 spiro atoms. The maximum absolute atomic E-state index is 13.3. The van der Waals surface area contributed by atoms with E-state index in [1.165, 1.54) is 6.07 Å². The lowest BCUT2D eigenvalue weighted by atomic mass is 10.1. The number of hydrogen-bond acceptors (Lipinski definition) is 1. The van der Waals surface area contributed by atoms with Crippen molar-refractivity contribution in [2.75, 3.05) is 6.54 Å². The van der Waals surface area contributed by atoms with Gasteiger partial charge in [-0.05, 0) is 24.6 Å². The summed E-state index contributed by atoms with van der Waals surface area (Å²) in [7, 11) is 0. The van der Waals surface area contributed by atoms with E-state index < -0.39 is 0 Å². The van der Waals surface area contributed by atoms with Crippen molar-refractivity contribution in [2.24, 2.45) is 5.73 Å². The van der Waals surface area contributed by atoms with Gasteiger partial charge in [-0.25, -0.2) is 4.39 Å². The Morgan fingerprint density at radius 2 is 2.31 bits per heavy atom. The van der Waals surface area contributed by atoms with Crippen molar-refractivity contribution in [3.8, 4) is 0 Å². The zero-order valence-corrected chi connectivity index (χ0v) is 8.11. The first-order valence-electron chi connectivity index (χ1n) is 3.98. The third-order valence-corrected chi connectivity index (χ3v) is 2.10. The summed E-state index contributed by atoms with van der Waals surface area (Å²) in [4.78, 5) is 0. The average Bonchev–Trinajstić information content (AvgIpc) is 2.04. The minimum absolute atomic E-state index is 0.310. The molecule has 0 saturated carbocycles. The molecule has 3 heteroatoms. The van der Waals surface area contributed by atoms with Crippen LogP contribution in [-0.2, 0) is 0 Å². The number of rotatable bonds is 2. The Kier molecular flexibility index (Phi) is 3.46. The van der Waals surface area contributed by atoms with E-state index in [0.29, 0.717) is 17.1 Å². The third-order valence-electron chi connectivity index (χ3n) is 1.78. The minimum Gasteiger partial charge on any atom is -0.327 e. The van der Waals surface area contributed by atoms with Gasteiger partial charge in [0.1, 0.15) is 5.82 Å². The lowest BCUT2D eigenvalue weighted by Crippen LogP contribution is -1.96. The van der Waals surface area contributed by atoms with Crippen molar-refractivity contribution in [1.82, 2.24) is 0 Å². The highest BCUT2D eigenvalue weighted by Gasteiger charge is 2.07. The summed E-state index contributed by atoms with van der Waals surface area (Å²) in [6.07, 6.45) is 1.74. The van der Waals surface area contributed by atoms with E-state index in [9.17, 15) is 4.39 Å². The molecule has 0 radical (unpaired) electrons. The Hall–Kier alpha value is -0.860. The molecule has 0 atom stereocenters. The standard InChI is InChI=1S/C10H11ClFN/c1-7(5-6-13)10-8(11)3-2-4-9(10)12/h2-5H,6,13H2,1H3/b7-5-. The zero-order chi connectivity index (χ0) is 9.84. The van der Waals surface area contributed by atoms with Gasteiger partial charge in [0.2, 0.25) is 0 Å². The van der Waals surface area contributed by atoms with Crippen molar-refractivity contribution in [3.05, 3.63) is 40.7 Å². The molecule has 1 aromatic carbocycles. The van der Waals surface area contributed by atoms with E-state index in [-0.39, 0.29) is 5.82 Å². The molecular weight excluding hydrogens is 189 g/mol. The molecule has 0 aliphatic carbocycles. The topological polar surface area (TPSA) is 26.0 Å². The summed E-state index contributed by atoms with van der Waals surface area (Å²) in [5, 5.41) is 0.419. The van der Waals surface area contributed by atoms with E-state index in [2.05, 4.69) is 0 Å². The molecule has 0 heterocycles. The van der Waals surface area contributed by atoms with Gasteiger partial charge in [-0.1, -0.05) is 23.7 Å². The summed E-state index contributed by atoms with van der Waals surface area (Å²) < 4.78 is 13.3. The Balaban J connectivity index is 3.20. The predicted molar refractivity (Wildman–Crippen MR) is 54.1 cm³/mol. The molecule has 0 aliphatic heterocycles. The fourth-order valence-electron chi connectivity index (χ4n) is 1.15. The quantitative estimate of drug-likeness (QED) is 0.779. The molecule has 2 N–H and O–H groups in total. The lowest BCUT2D eigenvalue weighted by molar-refractivity contribution is 0.624.